The predicted octanol–water partition coefficient (Wildman–Crippen LogP) is 1.38. The summed E-state index contributed by atoms with van der Waals surface area (Å²) in [5, 5.41) is 9.25. The van der Waals surface area contributed by atoms with Crippen molar-refractivity contribution in [2.24, 2.45) is 5.84 Å². The van der Waals surface area contributed by atoms with E-state index in [9.17, 15) is 5.11 Å². The maximum atomic E-state index is 9.25. The standard InChI is InChI=1S/C7H9IN2O.ClH/c8-7-5(4-10-9)2-1-3-6(7)11;/h1-3,10-11H,4,9H2;1H. The molecule has 12 heavy (non-hydrogen) atoms. The van der Waals surface area contributed by atoms with Crippen LogP contribution >= 0.6 is 35.0 Å². The maximum absolute atomic E-state index is 9.25. The number of nitrogens with one attached hydrogen (secondary N) is 1. The Morgan fingerprint density at radius 1 is 1.50 bits per heavy atom. The minimum atomic E-state index is 0. The highest BCUT2D eigenvalue weighted by Gasteiger charge is 2.01. The van der Waals surface area contributed by atoms with Crippen molar-refractivity contribution >= 4 is 35.0 Å². The zero-order chi connectivity index (χ0) is 8.27. The summed E-state index contributed by atoms with van der Waals surface area (Å²) >= 11 is 2.08. The summed E-state index contributed by atoms with van der Waals surface area (Å²) in [6.45, 7) is 0.576. The molecule has 1 rings (SSSR count). The van der Waals surface area contributed by atoms with Crippen LogP contribution in [0.3, 0.4) is 0 Å². The molecule has 0 aliphatic carbocycles. The Bertz CT molecular complexity index is 257. The number of aromatic hydroxyl groups is 1. The van der Waals surface area contributed by atoms with Gasteiger partial charge in [-0.2, -0.15) is 0 Å². The van der Waals surface area contributed by atoms with Crippen molar-refractivity contribution < 1.29 is 5.11 Å². The smallest absolute Gasteiger partial charge is 0.129 e. The molecule has 0 atom stereocenters. The predicted molar refractivity (Wildman–Crippen MR) is 59.1 cm³/mol. The van der Waals surface area contributed by atoms with E-state index < -0.39 is 0 Å². The first-order valence-corrected chi connectivity index (χ1v) is 4.23. The maximum Gasteiger partial charge on any atom is 0.129 e. The van der Waals surface area contributed by atoms with E-state index in [0.29, 0.717) is 12.3 Å². The molecule has 0 spiro atoms. The molecular formula is C7H10ClIN2O. The van der Waals surface area contributed by atoms with Gasteiger partial charge in [-0.3, -0.25) is 11.3 Å². The van der Waals surface area contributed by atoms with Crippen molar-refractivity contribution in [3.63, 3.8) is 0 Å². The molecule has 0 heterocycles. The fourth-order valence-corrected chi connectivity index (χ4v) is 1.36. The number of hydrogen-bond donors (Lipinski definition) is 3. The fraction of sp³-hybridized carbons (Fsp3) is 0.143. The molecule has 0 saturated heterocycles. The van der Waals surface area contributed by atoms with Gasteiger partial charge in [0.25, 0.3) is 0 Å². The molecule has 4 N–H and O–H groups in total. The lowest BCUT2D eigenvalue weighted by atomic mass is 10.2. The number of hydrogen-bond acceptors (Lipinski definition) is 3. The molecule has 1 aromatic rings. The first kappa shape index (κ1) is 12.0. The third-order valence-corrected chi connectivity index (χ3v) is 2.60. The largest absolute Gasteiger partial charge is 0.507 e. The van der Waals surface area contributed by atoms with Gasteiger partial charge in [0.1, 0.15) is 5.75 Å². The van der Waals surface area contributed by atoms with Gasteiger partial charge >= 0.3 is 0 Å². The van der Waals surface area contributed by atoms with Gasteiger partial charge in [0.05, 0.1) is 3.57 Å². The zero-order valence-corrected chi connectivity index (χ0v) is 9.22. The number of halogens is 2. The molecule has 0 aromatic heterocycles. The Morgan fingerprint density at radius 2 is 2.17 bits per heavy atom. The molecule has 0 amide bonds. The summed E-state index contributed by atoms with van der Waals surface area (Å²) in [6, 6.07) is 5.37. The van der Waals surface area contributed by atoms with E-state index in [0.717, 1.165) is 9.13 Å². The number of phenols is 1. The number of nitrogens with two attached hydrogens (primary N) is 1. The monoisotopic (exact) mass is 300 g/mol. The molecule has 1 aromatic carbocycles. The number of hydrazine groups is 1. The molecule has 0 aliphatic rings. The Kier molecular flexibility index (Phi) is 5.56. The average molecular weight is 301 g/mol. The highest BCUT2D eigenvalue weighted by atomic mass is 127. The van der Waals surface area contributed by atoms with Gasteiger partial charge in [-0.1, -0.05) is 12.1 Å². The second kappa shape index (κ2) is 5.58. The van der Waals surface area contributed by atoms with Crippen LogP contribution in [0, 0.1) is 3.57 Å². The fourth-order valence-electron chi connectivity index (χ4n) is 0.813. The lowest BCUT2D eigenvalue weighted by molar-refractivity contribution is 0.470. The Balaban J connectivity index is 0.00000121. The van der Waals surface area contributed by atoms with Crippen molar-refractivity contribution in [1.82, 2.24) is 5.43 Å². The second-order valence-electron chi connectivity index (χ2n) is 2.13. The van der Waals surface area contributed by atoms with Crippen LogP contribution in [0.4, 0.5) is 0 Å². The second-order valence-corrected chi connectivity index (χ2v) is 3.21. The highest BCUT2D eigenvalue weighted by Crippen LogP contribution is 2.22. The van der Waals surface area contributed by atoms with Crippen molar-refractivity contribution in [3.8, 4) is 5.75 Å². The van der Waals surface area contributed by atoms with Crippen LogP contribution in [0.1, 0.15) is 5.56 Å². The summed E-state index contributed by atoms with van der Waals surface area (Å²) < 4.78 is 0.850. The van der Waals surface area contributed by atoms with Gasteiger partial charge in [-0.15, -0.1) is 12.4 Å². The Morgan fingerprint density at radius 3 is 2.75 bits per heavy atom. The van der Waals surface area contributed by atoms with E-state index in [1.165, 1.54) is 0 Å². The third-order valence-electron chi connectivity index (χ3n) is 1.35. The van der Waals surface area contributed by atoms with Crippen LogP contribution in [-0.4, -0.2) is 5.11 Å². The molecule has 5 heteroatoms. The minimum Gasteiger partial charge on any atom is -0.507 e. The topological polar surface area (TPSA) is 58.3 Å². The summed E-state index contributed by atoms with van der Waals surface area (Å²) in [7, 11) is 0. The molecule has 0 aliphatic heterocycles. The molecule has 68 valence electrons. The SMILES string of the molecule is Cl.NNCc1cccc(O)c1I. The number of benzene rings is 1. The molecule has 0 unspecified atom stereocenters. The highest BCUT2D eigenvalue weighted by molar-refractivity contribution is 14.1. The van der Waals surface area contributed by atoms with Crippen molar-refractivity contribution in [2.75, 3.05) is 0 Å². The third kappa shape index (κ3) is 2.78. The lowest BCUT2D eigenvalue weighted by Gasteiger charge is -2.03. The summed E-state index contributed by atoms with van der Waals surface area (Å²) in [6.07, 6.45) is 0. The van der Waals surface area contributed by atoms with Crippen LogP contribution in [-0.2, 0) is 6.54 Å². The normalized spacial score (nSPS) is 9.17. The summed E-state index contributed by atoms with van der Waals surface area (Å²) in [5.41, 5.74) is 3.54. The van der Waals surface area contributed by atoms with E-state index in [2.05, 4.69) is 28.0 Å². The first-order valence-electron chi connectivity index (χ1n) is 3.15. The van der Waals surface area contributed by atoms with Crippen molar-refractivity contribution in [2.45, 2.75) is 6.54 Å². The van der Waals surface area contributed by atoms with Crippen LogP contribution in [0.2, 0.25) is 0 Å². The van der Waals surface area contributed by atoms with Crippen LogP contribution in [0.15, 0.2) is 18.2 Å². The van der Waals surface area contributed by atoms with Gasteiger partial charge in [0, 0.05) is 6.54 Å². The van der Waals surface area contributed by atoms with Gasteiger partial charge < -0.3 is 5.11 Å². The molecule has 0 radical (unpaired) electrons. The summed E-state index contributed by atoms with van der Waals surface area (Å²) in [5.74, 6) is 5.45. The minimum absolute atomic E-state index is 0. The van der Waals surface area contributed by atoms with Crippen molar-refractivity contribution in [3.05, 3.63) is 27.3 Å². The summed E-state index contributed by atoms with van der Waals surface area (Å²) in [4.78, 5) is 0. The van der Waals surface area contributed by atoms with E-state index in [1.54, 1.807) is 12.1 Å². The van der Waals surface area contributed by atoms with E-state index in [1.807, 2.05) is 6.07 Å². The number of phenolic OH excluding ortho intramolecular Hbond substituents is 1. The molecular weight excluding hydrogens is 290 g/mol. The molecule has 0 saturated carbocycles. The van der Waals surface area contributed by atoms with E-state index in [-0.39, 0.29) is 12.4 Å². The zero-order valence-electron chi connectivity index (χ0n) is 6.25. The van der Waals surface area contributed by atoms with Gasteiger partial charge in [-0.25, -0.2) is 0 Å². The van der Waals surface area contributed by atoms with Crippen LogP contribution in [0.25, 0.3) is 0 Å². The van der Waals surface area contributed by atoms with Gasteiger partial charge in [0.2, 0.25) is 0 Å². The van der Waals surface area contributed by atoms with Crippen LogP contribution in [0.5, 0.6) is 5.75 Å². The quantitative estimate of drug-likeness (QED) is 0.439. The molecule has 3 nitrogen and oxygen atoms in total. The number of rotatable bonds is 2. The van der Waals surface area contributed by atoms with Crippen LogP contribution < -0.4 is 11.3 Å². The van der Waals surface area contributed by atoms with E-state index >= 15 is 0 Å². The average Bonchev–Trinajstić information content (AvgIpc) is 1.99. The van der Waals surface area contributed by atoms with Crippen molar-refractivity contribution in [1.29, 1.82) is 0 Å². The van der Waals surface area contributed by atoms with E-state index in [4.69, 9.17) is 5.84 Å². The Labute approximate surface area is 90.9 Å². The lowest BCUT2D eigenvalue weighted by Crippen LogP contribution is -2.21. The first-order chi connectivity index (χ1) is 5.25. The Hall–Kier alpha value is -0.0400. The van der Waals surface area contributed by atoms with Gasteiger partial charge in [-0.05, 0) is 34.2 Å². The molecule has 0 fully saturated rings. The van der Waals surface area contributed by atoms with Gasteiger partial charge in [0.15, 0.2) is 0 Å². The molecule has 0 bridgehead atoms.